The van der Waals surface area contributed by atoms with Crippen LogP contribution in [0.15, 0.2) is 42.5 Å². The zero-order valence-electron chi connectivity index (χ0n) is 17.7. The van der Waals surface area contributed by atoms with Crippen LogP contribution in [-0.4, -0.2) is 20.8 Å². The molecule has 2 rings (SSSR count). The molecule has 0 spiro atoms. The highest BCUT2D eigenvalue weighted by atomic mass is 16.5. The Hall–Kier alpha value is -2.93. The first-order chi connectivity index (χ1) is 14.2. The minimum Gasteiger partial charge on any atom is -0.494 e. The number of benzene rings is 2. The number of hydrogen-bond acceptors (Lipinski definition) is 4. The van der Waals surface area contributed by atoms with Crippen LogP contribution >= 0.6 is 0 Å². The van der Waals surface area contributed by atoms with Gasteiger partial charge in [0, 0.05) is 0 Å². The first-order valence-electron chi connectivity index (χ1n) is 10.3. The quantitative estimate of drug-likeness (QED) is 0.234. The maximum Gasteiger partial charge on any atom is 0.161 e. The van der Waals surface area contributed by atoms with Crippen molar-refractivity contribution >= 4 is 11.6 Å². The molecule has 0 aliphatic carbocycles. The van der Waals surface area contributed by atoms with Crippen LogP contribution in [0.25, 0.3) is 11.6 Å². The second kappa shape index (κ2) is 12.5. The normalized spacial score (nSPS) is 11.0. The molecular formula is C25H31NO3. The van der Waals surface area contributed by atoms with Gasteiger partial charge in [0.25, 0.3) is 0 Å². The number of nitriles is 1. The highest BCUT2D eigenvalue weighted by Gasteiger charge is 2.06. The van der Waals surface area contributed by atoms with E-state index in [0.717, 1.165) is 29.9 Å². The van der Waals surface area contributed by atoms with Crippen molar-refractivity contribution < 1.29 is 14.2 Å². The van der Waals surface area contributed by atoms with E-state index in [2.05, 4.69) is 13.0 Å². The molecule has 4 nitrogen and oxygen atoms in total. The summed E-state index contributed by atoms with van der Waals surface area (Å²) in [6, 6.07) is 15.6. The minimum absolute atomic E-state index is 0.583. The van der Waals surface area contributed by atoms with Crippen molar-refractivity contribution in [1.29, 1.82) is 5.26 Å². The summed E-state index contributed by atoms with van der Waals surface area (Å²) in [7, 11) is 3.20. The number of rotatable bonds is 12. The van der Waals surface area contributed by atoms with Crippen molar-refractivity contribution in [3.8, 4) is 23.3 Å². The Labute approximate surface area is 174 Å². The molecule has 0 aromatic heterocycles. The van der Waals surface area contributed by atoms with E-state index in [0.29, 0.717) is 17.1 Å². The van der Waals surface area contributed by atoms with Gasteiger partial charge in [0.05, 0.1) is 32.5 Å². The van der Waals surface area contributed by atoms with Gasteiger partial charge < -0.3 is 14.2 Å². The van der Waals surface area contributed by atoms with E-state index in [1.165, 1.54) is 32.1 Å². The molecule has 154 valence electrons. The van der Waals surface area contributed by atoms with Gasteiger partial charge >= 0.3 is 0 Å². The molecule has 4 heteroatoms. The van der Waals surface area contributed by atoms with Crippen LogP contribution in [0.2, 0.25) is 0 Å². The molecule has 0 saturated carbocycles. The lowest BCUT2D eigenvalue weighted by molar-refractivity contribution is 0.304. The molecular weight excluding hydrogens is 362 g/mol. The maximum atomic E-state index is 9.59. The molecule has 0 fully saturated rings. The summed E-state index contributed by atoms with van der Waals surface area (Å²) in [5, 5.41) is 9.59. The van der Waals surface area contributed by atoms with Crippen molar-refractivity contribution in [3.05, 3.63) is 53.6 Å². The lowest BCUT2D eigenvalue weighted by Gasteiger charge is -2.09. The monoisotopic (exact) mass is 393 g/mol. The third kappa shape index (κ3) is 7.19. The molecule has 0 bridgehead atoms. The second-order valence-corrected chi connectivity index (χ2v) is 6.92. The standard InChI is InChI=1S/C25H31NO3/c1-4-5-6-7-8-9-16-29-23-13-11-21(12-14-23)22(19-26)17-20-10-15-24(27-2)25(18-20)28-3/h10-15,17-18H,4-9,16H2,1-3H3. The van der Waals surface area contributed by atoms with Crippen LogP contribution in [0.3, 0.4) is 0 Å². The number of methoxy groups -OCH3 is 2. The summed E-state index contributed by atoms with van der Waals surface area (Å²) in [6.07, 6.45) is 9.32. The van der Waals surface area contributed by atoms with E-state index in [9.17, 15) is 5.26 Å². The second-order valence-electron chi connectivity index (χ2n) is 6.92. The number of unbranched alkanes of at least 4 members (excludes halogenated alkanes) is 5. The van der Waals surface area contributed by atoms with Gasteiger partial charge in [0.2, 0.25) is 0 Å². The topological polar surface area (TPSA) is 51.5 Å². The van der Waals surface area contributed by atoms with Gasteiger partial charge in [-0.25, -0.2) is 0 Å². The minimum atomic E-state index is 0.583. The van der Waals surface area contributed by atoms with Crippen LogP contribution in [0.5, 0.6) is 17.2 Å². The van der Waals surface area contributed by atoms with Gasteiger partial charge in [-0.05, 0) is 60.0 Å². The zero-order chi connectivity index (χ0) is 20.9. The Morgan fingerprint density at radius 3 is 2.24 bits per heavy atom. The van der Waals surface area contributed by atoms with Crippen LogP contribution in [-0.2, 0) is 0 Å². The smallest absolute Gasteiger partial charge is 0.161 e. The summed E-state index contributed by atoms with van der Waals surface area (Å²) >= 11 is 0. The summed E-state index contributed by atoms with van der Waals surface area (Å²) in [4.78, 5) is 0. The highest BCUT2D eigenvalue weighted by molar-refractivity contribution is 5.89. The average Bonchev–Trinajstić information content (AvgIpc) is 2.77. The number of ether oxygens (including phenoxy) is 3. The van der Waals surface area contributed by atoms with Gasteiger partial charge in [0.1, 0.15) is 5.75 Å². The summed E-state index contributed by atoms with van der Waals surface area (Å²) in [5.41, 5.74) is 2.32. The number of allylic oxidation sites excluding steroid dienone is 1. The Kier molecular flexibility index (Phi) is 9.65. The predicted molar refractivity (Wildman–Crippen MR) is 118 cm³/mol. The number of hydrogen-bond donors (Lipinski definition) is 0. The molecule has 0 radical (unpaired) electrons. The van der Waals surface area contributed by atoms with E-state index in [1.54, 1.807) is 14.2 Å². The lowest BCUT2D eigenvalue weighted by Crippen LogP contribution is -1.97. The van der Waals surface area contributed by atoms with Crippen LogP contribution in [0, 0.1) is 11.3 Å². The maximum absolute atomic E-state index is 9.59. The van der Waals surface area contributed by atoms with Crippen LogP contribution in [0.1, 0.15) is 56.6 Å². The fraction of sp³-hybridized carbons (Fsp3) is 0.400. The van der Waals surface area contributed by atoms with Crippen molar-refractivity contribution in [2.45, 2.75) is 45.4 Å². The third-order valence-corrected chi connectivity index (χ3v) is 4.77. The Morgan fingerprint density at radius 2 is 1.59 bits per heavy atom. The molecule has 0 N–H and O–H groups in total. The fourth-order valence-corrected chi connectivity index (χ4v) is 3.09. The van der Waals surface area contributed by atoms with Gasteiger partial charge in [-0.15, -0.1) is 0 Å². The van der Waals surface area contributed by atoms with E-state index < -0.39 is 0 Å². The highest BCUT2D eigenvalue weighted by Crippen LogP contribution is 2.29. The largest absolute Gasteiger partial charge is 0.494 e. The molecule has 0 aliphatic rings. The summed E-state index contributed by atoms with van der Waals surface area (Å²) in [5.74, 6) is 2.14. The van der Waals surface area contributed by atoms with Crippen LogP contribution in [0.4, 0.5) is 0 Å². The predicted octanol–water partition coefficient (Wildman–Crippen LogP) is 6.51. The van der Waals surface area contributed by atoms with Crippen molar-refractivity contribution in [3.63, 3.8) is 0 Å². The zero-order valence-corrected chi connectivity index (χ0v) is 17.7. The lowest BCUT2D eigenvalue weighted by atomic mass is 10.0. The number of nitrogens with zero attached hydrogens (tertiary/aromatic N) is 1. The van der Waals surface area contributed by atoms with E-state index in [4.69, 9.17) is 14.2 Å². The van der Waals surface area contributed by atoms with Gasteiger partial charge in [-0.3, -0.25) is 0 Å². The fourth-order valence-electron chi connectivity index (χ4n) is 3.09. The molecule has 2 aromatic rings. The average molecular weight is 394 g/mol. The Balaban J connectivity index is 1.96. The summed E-state index contributed by atoms with van der Waals surface area (Å²) < 4.78 is 16.4. The molecule has 0 heterocycles. The Bertz CT molecular complexity index is 819. The molecule has 2 aromatic carbocycles. The van der Waals surface area contributed by atoms with Gasteiger partial charge in [0.15, 0.2) is 11.5 Å². The van der Waals surface area contributed by atoms with Crippen molar-refractivity contribution in [2.75, 3.05) is 20.8 Å². The molecule has 0 atom stereocenters. The molecule has 0 saturated heterocycles. The molecule has 0 aliphatic heterocycles. The first kappa shape index (κ1) is 22.4. The van der Waals surface area contributed by atoms with E-state index >= 15 is 0 Å². The molecule has 0 amide bonds. The molecule has 29 heavy (non-hydrogen) atoms. The molecule has 0 unspecified atom stereocenters. The van der Waals surface area contributed by atoms with Crippen molar-refractivity contribution in [2.24, 2.45) is 0 Å². The van der Waals surface area contributed by atoms with Crippen LogP contribution < -0.4 is 14.2 Å². The third-order valence-electron chi connectivity index (χ3n) is 4.77. The Morgan fingerprint density at radius 1 is 0.897 bits per heavy atom. The van der Waals surface area contributed by atoms with Crippen molar-refractivity contribution in [1.82, 2.24) is 0 Å². The van der Waals surface area contributed by atoms with E-state index in [1.807, 2.05) is 48.5 Å². The van der Waals surface area contributed by atoms with E-state index in [-0.39, 0.29) is 0 Å². The summed E-state index contributed by atoms with van der Waals surface area (Å²) in [6.45, 7) is 2.96. The first-order valence-corrected chi connectivity index (χ1v) is 10.3. The van der Waals surface area contributed by atoms with Gasteiger partial charge in [-0.1, -0.05) is 45.1 Å². The SMILES string of the molecule is CCCCCCCCOc1ccc(C(C#N)=Cc2ccc(OC)c(OC)c2)cc1. The van der Waals surface area contributed by atoms with Gasteiger partial charge in [-0.2, -0.15) is 5.26 Å².